The van der Waals surface area contributed by atoms with Crippen molar-refractivity contribution in [2.24, 2.45) is 0 Å². The van der Waals surface area contributed by atoms with E-state index in [1.165, 1.54) is 30.3 Å². The number of amides is 1. The number of anilines is 1. The van der Waals surface area contributed by atoms with Crippen molar-refractivity contribution in [1.82, 2.24) is 5.32 Å². The Balaban J connectivity index is 1.86. The zero-order valence-electron chi connectivity index (χ0n) is 14.1. The Morgan fingerprint density at radius 2 is 1.96 bits per heavy atom. The Hall–Kier alpha value is -2.81. The molecule has 27 heavy (non-hydrogen) atoms. The highest BCUT2D eigenvalue weighted by atomic mass is 32.2. The first kappa shape index (κ1) is 19.0. The number of sulfone groups is 1. The fourth-order valence-corrected chi connectivity index (χ4v) is 4.63. The third-order valence-corrected chi connectivity index (χ3v) is 6.15. The molecule has 142 valence electrons. The summed E-state index contributed by atoms with van der Waals surface area (Å²) in [5.74, 6) is -3.01. The number of carbonyl (C=O) groups excluding carboxylic acids is 1. The molecule has 2 aromatic carbocycles. The largest absolute Gasteiger partial charge is 0.398 e. The normalized spacial score (nSPS) is 18.2. The average Bonchev–Trinajstić information content (AvgIpc) is 2.96. The number of nitrogens with one attached hydrogen (secondary N) is 2. The molecule has 1 amide bonds. The van der Waals surface area contributed by atoms with Gasteiger partial charge >= 0.3 is 0 Å². The minimum Gasteiger partial charge on any atom is -0.398 e. The highest BCUT2D eigenvalue weighted by Crippen LogP contribution is 2.27. The molecule has 0 bridgehead atoms. The van der Waals surface area contributed by atoms with E-state index in [2.05, 4.69) is 5.32 Å². The van der Waals surface area contributed by atoms with Crippen molar-refractivity contribution < 1.29 is 22.0 Å². The summed E-state index contributed by atoms with van der Waals surface area (Å²) in [6.45, 7) is 0. The van der Waals surface area contributed by atoms with Crippen LogP contribution in [-0.4, -0.2) is 37.6 Å². The third-order valence-electron chi connectivity index (χ3n) is 4.38. The molecule has 0 spiro atoms. The molecular formula is C18H17F2N3O3S. The molecule has 0 radical (unpaired) electrons. The van der Waals surface area contributed by atoms with E-state index in [9.17, 15) is 22.0 Å². The van der Waals surface area contributed by atoms with Crippen LogP contribution in [0, 0.1) is 17.0 Å². The number of hydrogen-bond donors (Lipinski definition) is 3. The number of halogens is 2. The molecule has 3 rings (SSSR count). The lowest BCUT2D eigenvalue weighted by Gasteiger charge is -2.14. The minimum atomic E-state index is -3.18. The van der Waals surface area contributed by atoms with E-state index >= 15 is 0 Å². The monoisotopic (exact) mass is 393 g/mol. The fraction of sp³-hybridized carbons (Fsp3) is 0.222. The van der Waals surface area contributed by atoms with Crippen molar-refractivity contribution >= 4 is 27.1 Å². The second-order valence-electron chi connectivity index (χ2n) is 6.35. The molecule has 1 saturated heterocycles. The van der Waals surface area contributed by atoms with Gasteiger partial charge in [-0.15, -0.1) is 0 Å². The predicted molar refractivity (Wildman–Crippen MR) is 98.2 cm³/mol. The number of rotatable bonds is 4. The predicted octanol–water partition coefficient (Wildman–Crippen LogP) is 1.89. The van der Waals surface area contributed by atoms with Crippen LogP contribution in [0.15, 0.2) is 36.4 Å². The van der Waals surface area contributed by atoms with Crippen molar-refractivity contribution in [3.63, 3.8) is 0 Å². The molecule has 0 aromatic heterocycles. The standard InChI is InChI=1S/C18H17F2N3O3S/c19-14-3-1-2-12(16(14)20)10-4-5-15(21)13(8-10)17(22)18(24)23-11-6-7-27(25,26)9-11/h1-5,8,11,22H,6-7,9,21H2,(H,23,24). The van der Waals surface area contributed by atoms with E-state index in [4.69, 9.17) is 11.1 Å². The lowest BCUT2D eigenvalue weighted by atomic mass is 9.98. The molecule has 0 aliphatic carbocycles. The molecule has 1 unspecified atom stereocenters. The van der Waals surface area contributed by atoms with Crippen LogP contribution in [0.25, 0.3) is 11.1 Å². The number of benzene rings is 2. The molecule has 2 aromatic rings. The van der Waals surface area contributed by atoms with Crippen LogP contribution in [0.4, 0.5) is 14.5 Å². The SMILES string of the molecule is N=C(C(=O)NC1CCS(=O)(=O)C1)c1cc(-c2cccc(F)c2F)ccc1N. The van der Waals surface area contributed by atoms with Crippen LogP contribution < -0.4 is 11.1 Å². The van der Waals surface area contributed by atoms with E-state index in [-0.39, 0.29) is 40.3 Å². The second kappa shape index (κ2) is 7.07. The van der Waals surface area contributed by atoms with E-state index in [1.54, 1.807) is 0 Å². The Kier molecular flexibility index (Phi) is 4.97. The van der Waals surface area contributed by atoms with Gasteiger partial charge in [-0.1, -0.05) is 18.2 Å². The van der Waals surface area contributed by atoms with Gasteiger partial charge in [0.15, 0.2) is 21.5 Å². The molecule has 1 fully saturated rings. The molecule has 1 atom stereocenters. The van der Waals surface area contributed by atoms with Crippen LogP contribution in [0.5, 0.6) is 0 Å². The van der Waals surface area contributed by atoms with E-state index in [0.29, 0.717) is 0 Å². The maximum Gasteiger partial charge on any atom is 0.270 e. The number of nitrogens with two attached hydrogens (primary N) is 1. The molecule has 1 aliphatic heterocycles. The second-order valence-corrected chi connectivity index (χ2v) is 8.58. The zero-order valence-corrected chi connectivity index (χ0v) is 14.9. The summed E-state index contributed by atoms with van der Waals surface area (Å²) < 4.78 is 50.5. The quantitative estimate of drug-likeness (QED) is 0.544. The van der Waals surface area contributed by atoms with Gasteiger partial charge in [0.05, 0.1) is 11.5 Å². The molecule has 1 heterocycles. The number of carbonyl (C=O) groups is 1. The number of nitrogen functional groups attached to an aromatic ring is 1. The van der Waals surface area contributed by atoms with Crippen molar-refractivity contribution in [3.8, 4) is 11.1 Å². The van der Waals surface area contributed by atoms with E-state index < -0.39 is 39.1 Å². The molecule has 0 saturated carbocycles. The van der Waals surface area contributed by atoms with Gasteiger partial charge in [-0.05, 0) is 30.2 Å². The summed E-state index contributed by atoms with van der Waals surface area (Å²) in [5, 5.41) is 10.6. The molecule has 9 heteroatoms. The van der Waals surface area contributed by atoms with Gasteiger partial charge in [-0.25, -0.2) is 17.2 Å². The van der Waals surface area contributed by atoms with Gasteiger partial charge in [0.25, 0.3) is 5.91 Å². The molecule has 4 N–H and O–H groups in total. The van der Waals surface area contributed by atoms with E-state index in [1.807, 2.05) is 0 Å². The van der Waals surface area contributed by atoms with Crippen molar-refractivity contribution in [2.75, 3.05) is 17.2 Å². The van der Waals surface area contributed by atoms with Gasteiger partial charge < -0.3 is 11.1 Å². The Bertz CT molecular complexity index is 1040. The van der Waals surface area contributed by atoms with E-state index in [0.717, 1.165) is 6.07 Å². The smallest absolute Gasteiger partial charge is 0.270 e. The molecule has 6 nitrogen and oxygen atoms in total. The van der Waals surface area contributed by atoms with Crippen LogP contribution in [0.3, 0.4) is 0 Å². The first-order chi connectivity index (χ1) is 12.7. The first-order valence-electron chi connectivity index (χ1n) is 8.12. The first-order valence-corrected chi connectivity index (χ1v) is 9.94. The van der Waals surface area contributed by atoms with Crippen molar-refractivity contribution in [1.29, 1.82) is 5.41 Å². The van der Waals surface area contributed by atoms with Gasteiger partial charge in [0.2, 0.25) is 0 Å². The topological polar surface area (TPSA) is 113 Å². The van der Waals surface area contributed by atoms with Gasteiger partial charge in [0.1, 0.15) is 5.71 Å². The Morgan fingerprint density at radius 3 is 2.63 bits per heavy atom. The highest BCUT2D eigenvalue weighted by Gasteiger charge is 2.30. The van der Waals surface area contributed by atoms with Crippen LogP contribution in [0.1, 0.15) is 12.0 Å². The summed E-state index contributed by atoms with van der Waals surface area (Å²) in [4.78, 5) is 12.3. The minimum absolute atomic E-state index is 0.0122. The highest BCUT2D eigenvalue weighted by molar-refractivity contribution is 7.91. The van der Waals surface area contributed by atoms with Crippen LogP contribution in [-0.2, 0) is 14.6 Å². The van der Waals surface area contributed by atoms with Gasteiger partial charge in [0, 0.05) is 22.9 Å². The summed E-state index contributed by atoms with van der Waals surface area (Å²) in [7, 11) is -3.18. The van der Waals surface area contributed by atoms with Gasteiger partial charge in [-0.2, -0.15) is 0 Å². The lowest BCUT2D eigenvalue weighted by molar-refractivity contribution is -0.115. The average molecular weight is 393 g/mol. The third kappa shape index (κ3) is 3.97. The number of hydrogen-bond acceptors (Lipinski definition) is 5. The Labute approximate surface area is 154 Å². The zero-order chi connectivity index (χ0) is 19.8. The summed E-state index contributed by atoms with van der Waals surface area (Å²) >= 11 is 0. The lowest BCUT2D eigenvalue weighted by Crippen LogP contribution is -2.40. The van der Waals surface area contributed by atoms with Crippen molar-refractivity contribution in [2.45, 2.75) is 12.5 Å². The maximum absolute atomic E-state index is 14.0. The molecule has 1 aliphatic rings. The fourth-order valence-electron chi connectivity index (χ4n) is 2.96. The molecular weight excluding hydrogens is 376 g/mol. The maximum atomic E-state index is 14.0. The van der Waals surface area contributed by atoms with Gasteiger partial charge in [-0.3, -0.25) is 10.2 Å². The summed E-state index contributed by atoms with van der Waals surface area (Å²) in [6.07, 6.45) is 0.283. The van der Waals surface area contributed by atoms with Crippen LogP contribution in [0.2, 0.25) is 0 Å². The summed E-state index contributed by atoms with van der Waals surface area (Å²) in [6, 6.07) is 7.35. The Morgan fingerprint density at radius 1 is 1.22 bits per heavy atom. The summed E-state index contributed by atoms with van der Waals surface area (Å²) in [5.41, 5.74) is 5.77. The van der Waals surface area contributed by atoms with Crippen LogP contribution >= 0.6 is 0 Å². The van der Waals surface area contributed by atoms with Crippen molar-refractivity contribution in [3.05, 3.63) is 53.6 Å².